The van der Waals surface area contributed by atoms with Crippen molar-refractivity contribution in [2.45, 2.75) is 13.8 Å². The lowest BCUT2D eigenvalue weighted by Crippen LogP contribution is -2.15. The molecule has 5 heteroatoms. The molecule has 0 amide bonds. The Bertz CT molecular complexity index is 711. The van der Waals surface area contributed by atoms with Gasteiger partial charge in [0.05, 0.1) is 5.56 Å². The van der Waals surface area contributed by atoms with E-state index in [0.29, 0.717) is 11.1 Å². The quantitative estimate of drug-likeness (QED) is 0.400. The van der Waals surface area contributed by atoms with Crippen molar-refractivity contribution in [1.82, 2.24) is 0 Å². The molecule has 0 fully saturated rings. The molecule has 0 spiro atoms. The van der Waals surface area contributed by atoms with Crippen molar-refractivity contribution >= 4 is 27.7 Å². The first kappa shape index (κ1) is 15.3. The second kappa shape index (κ2) is 6.54. The van der Waals surface area contributed by atoms with Crippen molar-refractivity contribution in [3.8, 4) is 0 Å². The third-order valence-electron chi connectivity index (χ3n) is 2.95. The lowest BCUT2D eigenvalue weighted by Gasteiger charge is -2.05. The molecule has 0 aromatic heterocycles. The van der Waals surface area contributed by atoms with Crippen LogP contribution in [0, 0.1) is 13.8 Å². The molecule has 0 bridgehead atoms. The van der Waals surface area contributed by atoms with Crippen LogP contribution in [0.3, 0.4) is 0 Å². The van der Waals surface area contributed by atoms with Gasteiger partial charge >= 0.3 is 5.97 Å². The van der Waals surface area contributed by atoms with E-state index in [9.17, 15) is 4.79 Å². The van der Waals surface area contributed by atoms with Crippen LogP contribution in [0.2, 0.25) is 0 Å². The van der Waals surface area contributed by atoms with Gasteiger partial charge in [-0.25, -0.2) is 4.79 Å². The number of oxime groups is 1. The van der Waals surface area contributed by atoms with E-state index in [2.05, 4.69) is 21.1 Å². The summed E-state index contributed by atoms with van der Waals surface area (Å²) in [6.07, 6.45) is 0. The van der Waals surface area contributed by atoms with Crippen LogP contribution in [0.5, 0.6) is 0 Å². The van der Waals surface area contributed by atoms with E-state index in [1.54, 1.807) is 18.2 Å². The smallest absolute Gasteiger partial charge is 0.366 e. The number of benzene rings is 2. The molecule has 0 radical (unpaired) electrons. The van der Waals surface area contributed by atoms with E-state index in [1.165, 1.54) is 0 Å². The van der Waals surface area contributed by atoms with Crippen molar-refractivity contribution in [3.05, 3.63) is 69.2 Å². The topological polar surface area (TPSA) is 64.7 Å². The van der Waals surface area contributed by atoms with Gasteiger partial charge in [0.1, 0.15) is 0 Å². The van der Waals surface area contributed by atoms with Crippen LogP contribution in [-0.2, 0) is 4.84 Å². The summed E-state index contributed by atoms with van der Waals surface area (Å²) in [7, 11) is 0. The minimum atomic E-state index is -0.523. The van der Waals surface area contributed by atoms with E-state index >= 15 is 0 Å². The number of nitrogens with two attached hydrogens (primary N) is 1. The fraction of sp³-hybridized carbons (Fsp3) is 0.125. The third kappa shape index (κ3) is 3.92. The van der Waals surface area contributed by atoms with Gasteiger partial charge in [-0.3, -0.25) is 0 Å². The highest BCUT2D eigenvalue weighted by atomic mass is 79.9. The molecular formula is C16H15BrN2O2. The Morgan fingerprint density at radius 2 is 1.95 bits per heavy atom. The van der Waals surface area contributed by atoms with E-state index < -0.39 is 5.97 Å². The second-order valence-corrected chi connectivity index (χ2v) is 5.60. The number of carbonyl (C=O) groups is 1. The molecule has 2 aromatic carbocycles. The predicted molar refractivity (Wildman–Crippen MR) is 86.2 cm³/mol. The monoisotopic (exact) mass is 346 g/mol. The molecule has 0 atom stereocenters. The highest BCUT2D eigenvalue weighted by Crippen LogP contribution is 2.13. The lowest BCUT2D eigenvalue weighted by molar-refractivity contribution is 0.0515. The Morgan fingerprint density at radius 1 is 1.19 bits per heavy atom. The van der Waals surface area contributed by atoms with Gasteiger partial charge in [-0.15, -0.1) is 0 Å². The molecule has 0 aliphatic heterocycles. The Labute approximate surface area is 131 Å². The van der Waals surface area contributed by atoms with Crippen molar-refractivity contribution in [3.63, 3.8) is 0 Å². The summed E-state index contributed by atoms with van der Waals surface area (Å²) in [5, 5.41) is 3.70. The van der Waals surface area contributed by atoms with Crippen LogP contribution in [0.1, 0.15) is 27.0 Å². The summed E-state index contributed by atoms with van der Waals surface area (Å²) in [6, 6.07) is 12.8. The van der Waals surface area contributed by atoms with Crippen LogP contribution >= 0.6 is 15.9 Å². The minimum absolute atomic E-state index is 0.148. The molecule has 21 heavy (non-hydrogen) atoms. The zero-order valence-corrected chi connectivity index (χ0v) is 13.3. The molecule has 0 unspecified atom stereocenters. The molecule has 2 rings (SSSR count). The Hall–Kier alpha value is -2.14. The molecule has 2 aromatic rings. The van der Waals surface area contributed by atoms with Crippen molar-refractivity contribution < 1.29 is 9.63 Å². The normalized spacial score (nSPS) is 11.3. The first-order valence-corrected chi connectivity index (χ1v) is 7.14. The van der Waals surface area contributed by atoms with Crippen LogP contribution in [-0.4, -0.2) is 11.8 Å². The van der Waals surface area contributed by atoms with Gasteiger partial charge in [-0.1, -0.05) is 50.9 Å². The number of hydrogen-bond acceptors (Lipinski definition) is 3. The zero-order chi connectivity index (χ0) is 15.4. The molecule has 0 saturated carbocycles. The van der Waals surface area contributed by atoms with Crippen LogP contribution in [0.25, 0.3) is 0 Å². The summed E-state index contributed by atoms with van der Waals surface area (Å²) in [5.74, 6) is -0.375. The van der Waals surface area contributed by atoms with Crippen LogP contribution in [0.15, 0.2) is 52.1 Å². The number of rotatable bonds is 3. The maximum absolute atomic E-state index is 12.0. The summed E-state index contributed by atoms with van der Waals surface area (Å²) < 4.78 is 0.874. The first-order valence-electron chi connectivity index (χ1n) is 6.35. The highest BCUT2D eigenvalue weighted by Gasteiger charge is 2.11. The van der Waals surface area contributed by atoms with Gasteiger partial charge in [0.2, 0.25) is 0 Å². The molecule has 0 heterocycles. The molecule has 2 N–H and O–H groups in total. The number of aryl methyl sites for hydroxylation is 2. The minimum Gasteiger partial charge on any atom is -0.380 e. The number of hydrogen-bond donors (Lipinski definition) is 1. The van der Waals surface area contributed by atoms with Gasteiger partial charge in [0.25, 0.3) is 0 Å². The standard InChI is InChI=1S/C16H15BrN2O2/c1-10-6-7-14(11(2)8-10)16(20)21-19-15(18)12-4-3-5-13(17)9-12/h3-9H,1-2H3,(H2,18,19). The lowest BCUT2D eigenvalue weighted by atomic mass is 10.1. The summed E-state index contributed by atoms with van der Waals surface area (Å²) in [6.45, 7) is 3.82. The van der Waals surface area contributed by atoms with Gasteiger partial charge in [0.15, 0.2) is 5.84 Å². The fourth-order valence-electron chi connectivity index (χ4n) is 1.88. The molecule has 0 aliphatic carbocycles. The van der Waals surface area contributed by atoms with Crippen LogP contribution < -0.4 is 5.73 Å². The number of nitrogens with zero attached hydrogens (tertiary/aromatic N) is 1. The zero-order valence-electron chi connectivity index (χ0n) is 11.8. The largest absolute Gasteiger partial charge is 0.380 e. The predicted octanol–water partition coefficient (Wildman–Crippen LogP) is 3.54. The average Bonchev–Trinajstić information content (AvgIpc) is 2.44. The number of halogens is 1. The number of carbonyl (C=O) groups excluding carboxylic acids is 1. The van der Waals surface area contributed by atoms with Crippen molar-refractivity contribution in [2.75, 3.05) is 0 Å². The average molecular weight is 347 g/mol. The summed E-state index contributed by atoms with van der Waals surface area (Å²) in [4.78, 5) is 16.9. The summed E-state index contributed by atoms with van der Waals surface area (Å²) in [5.41, 5.74) is 8.89. The Balaban J connectivity index is 2.14. The van der Waals surface area contributed by atoms with E-state index in [4.69, 9.17) is 10.6 Å². The fourth-order valence-corrected chi connectivity index (χ4v) is 2.28. The molecule has 108 valence electrons. The molecular weight excluding hydrogens is 332 g/mol. The van der Waals surface area contributed by atoms with Crippen molar-refractivity contribution in [1.29, 1.82) is 0 Å². The summed E-state index contributed by atoms with van der Waals surface area (Å²) >= 11 is 3.35. The highest BCUT2D eigenvalue weighted by molar-refractivity contribution is 9.10. The van der Waals surface area contributed by atoms with Gasteiger partial charge in [-0.2, -0.15) is 0 Å². The third-order valence-corrected chi connectivity index (χ3v) is 3.44. The van der Waals surface area contributed by atoms with Gasteiger partial charge in [0, 0.05) is 10.0 Å². The first-order chi connectivity index (χ1) is 9.97. The SMILES string of the molecule is Cc1ccc(C(=O)ON=C(N)c2cccc(Br)c2)c(C)c1. The molecule has 0 aliphatic rings. The maximum Gasteiger partial charge on any atom is 0.366 e. The Kier molecular flexibility index (Phi) is 4.75. The number of amidine groups is 1. The van der Waals surface area contributed by atoms with Gasteiger partial charge < -0.3 is 10.6 Å². The Morgan fingerprint density at radius 3 is 2.62 bits per heavy atom. The van der Waals surface area contributed by atoms with E-state index in [-0.39, 0.29) is 5.84 Å². The maximum atomic E-state index is 12.0. The van der Waals surface area contributed by atoms with Crippen LogP contribution in [0.4, 0.5) is 0 Å². The van der Waals surface area contributed by atoms with E-state index in [1.807, 2.05) is 38.1 Å². The molecule has 0 saturated heterocycles. The second-order valence-electron chi connectivity index (χ2n) is 4.68. The van der Waals surface area contributed by atoms with E-state index in [0.717, 1.165) is 15.6 Å². The van der Waals surface area contributed by atoms with Crippen molar-refractivity contribution in [2.24, 2.45) is 10.9 Å². The molecule has 4 nitrogen and oxygen atoms in total. The van der Waals surface area contributed by atoms with Gasteiger partial charge in [-0.05, 0) is 37.6 Å².